The van der Waals surface area contributed by atoms with Gasteiger partial charge in [-0.2, -0.15) is 10.5 Å². The van der Waals surface area contributed by atoms with Crippen LogP contribution in [0.4, 0.5) is 44.0 Å². The molecule has 0 spiro atoms. The van der Waals surface area contributed by atoms with Gasteiger partial charge < -0.3 is 31.6 Å². The molecule has 0 unspecified atom stereocenters. The number of pyridine rings is 2. The number of amides is 4. The van der Waals surface area contributed by atoms with E-state index in [0.717, 1.165) is 21.5 Å². The summed E-state index contributed by atoms with van der Waals surface area (Å²) in [6.45, 7) is 4.45. The molecule has 6 N–H and O–H groups in total. The number of nitrogens with two attached hydrogens (primary N) is 2. The molecule has 6 atom stereocenters. The van der Waals surface area contributed by atoms with Crippen LogP contribution in [0.25, 0.3) is 21.5 Å². The number of rotatable bonds is 6. The summed E-state index contributed by atoms with van der Waals surface area (Å²) in [5, 5.41) is 26.1. The van der Waals surface area contributed by atoms with Gasteiger partial charge in [0.2, 0.25) is 11.8 Å². The first-order chi connectivity index (χ1) is 24.9. The molecule has 2 aliphatic carbocycles. The quantitative estimate of drug-likeness (QED) is 0.203. The lowest BCUT2D eigenvalue weighted by molar-refractivity contribution is -0.118. The van der Waals surface area contributed by atoms with Gasteiger partial charge in [-0.05, 0) is 73.9 Å². The fourth-order valence-electron chi connectivity index (χ4n) is 6.40. The summed E-state index contributed by atoms with van der Waals surface area (Å²) in [5.74, 6) is -0.586. The topological polar surface area (TPSA) is 243 Å². The van der Waals surface area contributed by atoms with E-state index in [2.05, 4.69) is 32.7 Å². The van der Waals surface area contributed by atoms with Crippen molar-refractivity contribution >= 4 is 79.9 Å². The third-order valence-electron chi connectivity index (χ3n) is 9.52. The monoisotopic (exact) mass is 702 g/mol. The van der Waals surface area contributed by atoms with Gasteiger partial charge in [0.15, 0.2) is 0 Å². The first-order valence-electron chi connectivity index (χ1n) is 16.7. The third kappa shape index (κ3) is 6.49. The largest absolute Gasteiger partial charge is 0.447 e. The van der Waals surface area contributed by atoms with Crippen molar-refractivity contribution in [3.63, 3.8) is 0 Å². The van der Waals surface area contributed by atoms with E-state index in [1.807, 2.05) is 26.0 Å². The zero-order valence-corrected chi connectivity index (χ0v) is 28.2. The summed E-state index contributed by atoms with van der Waals surface area (Å²) in [6, 6.07) is 14.5. The Morgan fingerprint density at radius 3 is 1.46 bits per heavy atom. The van der Waals surface area contributed by atoms with E-state index >= 15 is 0 Å². The van der Waals surface area contributed by atoms with Crippen LogP contribution in [0, 0.1) is 46.3 Å². The maximum absolute atomic E-state index is 12.1. The smallest absolute Gasteiger partial charge is 0.414 e. The second-order valence-corrected chi connectivity index (χ2v) is 13.4. The molecule has 16 nitrogen and oxygen atoms in total. The van der Waals surface area contributed by atoms with Crippen LogP contribution in [0.3, 0.4) is 0 Å². The van der Waals surface area contributed by atoms with Crippen molar-refractivity contribution in [1.82, 2.24) is 9.97 Å². The highest BCUT2D eigenvalue weighted by Gasteiger charge is 2.44. The predicted octanol–water partition coefficient (Wildman–Crippen LogP) is 4.52. The van der Waals surface area contributed by atoms with E-state index in [1.165, 1.54) is 0 Å². The second kappa shape index (κ2) is 13.2. The molecule has 4 heterocycles. The first kappa shape index (κ1) is 33.8. The fraction of sp³-hybridized carbons (Fsp3) is 0.333. The Bertz CT molecular complexity index is 2090. The van der Waals surface area contributed by atoms with Crippen LogP contribution in [0.1, 0.15) is 26.7 Å². The maximum atomic E-state index is 12.1. The number of carbonyl (C=O) groups excluding carboxylic acids is 4. The normalized spacial score (nSPS) is 24.2. The molecule has 2 aromatic carbocycles. The zero-order chi connectivity index (χ0) is 36.8. The fourth-order valence-corrected chi connectivity index (χ4v) is 6.40. The van der Waals surface area contributed by atoms with Gasteiger partial charge in [-0.25, -0.2) is 19.6 Å². The van der Waals surface area contributed by atoms with E-state index in [9.17, 15) is 19.2 Å². The van der Waals surface area contributed by atoms with Crippen molar-refractivity contribution in [1.29, 1.82) is 10.5 Å². The number of nitrogen functional groups attached to an aromatic ring is 2. The van der Waals surface area contributed by atoms with Gasteiger partial charge in [0.1, 0.15) is 24.8 Å². The number of carbonyl (C=O) groups is 4. The van der Waals surface area contributed by atoms with Crippen LogP contribution in [0.5, 0.6) is 0 Å². The Morgan fingerprint density at radius 2 is 1.13 bits per heavy atom. The van der Waals surface area contributed by atoms with Crippen LogP contribution < -0.4 is 31.9 Å². The van der Waals surface area contributed by atoms with Gasteiger partial charge in [-0.1, -0.05) is 0 Å². The molecule has 4 amide bonds. The number of hydrogen-bond acceptors (Lipinski definition) is 12. The first-order valence-corrected chi connectivity index (χ1v) is 16.7. The minimum absolute atomic E-state index is 0.0851. The van der Waals surface area contributed by atoms with Crippen molar-refractivity contribution in [2.45, 2.75) is 38.8 Å². The molecule has 2 aromatic heterocycles. The zero-order valence-electron chi connectivity index (χ0n) is 28.2. The standard InChI is InChI=1S/2C18H17N5O3/c2*1-9-8-26-18(25)23(9)12-2-10-4-16(21-7-14(10)15(20)5-12)22-17(24)13-3-11(13)6-19/h2*2,4-5,7,9,11,13H,3,8,20H2,1H3,(H,21,22,24)/t9-,11+,13-;9-,11-,13+/m00/s1. The van der Waals surface area contributed by atoms with Crippen LogP contribution in [-0.4, -0.2) is 59.3 Å². The Kier molecular flexibility index (Phi) is 8.59. The number of anilines is 6. The lowest BCUT2D eigenvalue weighted by Gasteiger charge is -2.19. The summed E-state index contributed by atoms with van der Waals surface area (Å²) in [5.41, 5.74) is 14.5. The lowest BCUT2D eigenvalue weighted by Crippen LogP contribution is -2.30. The molecule has 0 radical (unpaired) electrons. The number of cyclic esters (lactones) is 2. The van der Waals surface area contributed by atoms with Crippen molar-refractivity contribution in [2.24, 2.45) is 23.7 Å². The highest BCUT2D eigenvalue weighted by atomic mass is 16.6. The van der Waals surface area contributed by atoms with E-state index in [0.29, 0.717) is 60.4 Å². The van der Waals surface area contributed by atoms with Gasteiger partial charge in [0.25, 0.3) is 0 Å². The summed E-state index contributed by atoms with van der Waals surface area (Å²) in [4.78, 5) is 59.7. The Hall–Kier alpha value is -6.68. The molecule has 4 aliphatic rings. The molecule has 4 fully saturated rings. The second-order valence-electron chi connectivity index (χ2n) is 13.4. The third-order valence-corrected chi connectivity index (χ3v) is 9.52. The number of nitriles is 2. The Labute approximate surface area is 297 Å². The lowest BCUT2D eigenvalue weighted by atomic mass is 10.1. The van der Waals surface area contributed by atoms with Crippen LogP contribution in [-0.2, 0) is 19.1 Å². The van der Waals surface area contributed by atoms with Gasteiger partial charge in [-0.3, -0.25) is 19.4 Å². The highest BCUT2D eigenvalue weighted by molar-refractivity contribution is 6.03. The predicted molar refractivity (Wildman–Crippen MR) is 191 cm³/mol. The molecule has 16 heteroatoms. The number of fused-ring (bicyclic) bond motifs is 2. The molecule has 4 aromatic rings. The average Bonchev–Trinajstić information content (AvgIpc) is 4.02. The summed E-state index contributed by atoms with van der Waals surface area (Å²) in [7, 11) is 0. The SMILES string of the molecule is C[C@H]1COC(=O)N1c1cc(N)c2cnc(NC(=O)[C@@H]3C[C@H]3C#N)cc2c1.C[C@H]1COC(=O)N1c1cc(N)c2cnc(NC(=O)[C@H]3C[C@@H]3C#N)cc2c1. The minimum atomic E-state index is -0.407. The molecule has 8 rings (SSSR count). The van der Waals surface area contributed by atoms with Gasteiger partial charge >= 0.3 is 12.2 Å². The number of hydrogen-bond donors (Lipinski definition) is 4. The number of nitrogens with one attached hydrogen (secondary N) is 2. The number of ether oxygens (including phenoxy) is 2. The summed E-state index contributed by atoms with van der Waals surface area (Å²) < 4.78 is 10.1. The van der Waals surface area contributed by atoms with E-state index in [4.69, 9.17) is 31.5 Å². The van der Waals surface area contributed by atoms with Crippen LogP contribution >= 0.6 is 0 Å². The number of nitrogens with zero attached hydrogens (tertiary/aromatic N) is 6. The van der Waals surface area contributed by atoms with Gasteiger partial charge in [-0.15, -0.1) is 0 Å². The van der Waals surface area contributed by atoms with Crippen molar-refractivity contribution in [2.75, 3.05) is 45.1 Å². The Balaban J connectivity index is 0.000000162. The van der Waals surface area contributed by atoms with Crippen LogP contribution in [0.15, 0.2) is 48.8 Å². The van der Waals surface area contributed by atoms with E-state index in [-0.39, 0.29) is 47.6 Å². The van der Waals surface area contributed by atoms with Crippen molar-refractivity contribution in [3.05, 3.63) is 48.8 Å². The molecule has 2 saturated heterocycles. The van der Waals surface area contributed by atoms with E-state index < -0.39 is 12.2 Å². The minimum Gasteiger partial charge on any atom is -0.447 e. The van der Waals surface area contributed by atoms with Gasteiger partial charge in [0, 0.05) is 34.5 Å². The molecule has 0 bridgehead atoms. The average molecular weight is 703 g/mol. The van der Waals surface area contributed by atoms with E-state index in [1.54, 1.807) is 46.5 Å². The van der Waals surface area contributed by atoms with Crippen LogP contribution in [0.2, 0.25) is 0 Å². The molecule has 2 saturated carbocycles. The maximum Gasteiger partial charge on any atom is 0.414 e. The van der Waals surface area contributed by atoms with Crippen molar-refractivity contribution < 1.29 is 28.7 Å². The molecular formula is C36H34N10O6. The molecule has 264 valence electrons. The number of aromatic nitrogens is 2. The summed E-state index contributed by atoms with van der Waals surface area (Å²) >= 11 is 0. The van der Waals surface area contributed by atoms with Crippen molar-refractivity contribution in [3.8, 4) is 12.1 Å². The molecular weight excluding hydrogens is 668 g/mol. The summed E-state index contributed by atoms with van der Waals surface area (Å²) in [6.07, 6.45) is 3.53. The molecule has 52 heavy (non-hydrogen) atoms. The Morgan fingerprint density at radius 1 is 0.731 bits per heavy atom. The van der Waals surface area contributed by atoms with Gasteiger partial charge in [0.05, 0.1) is 59.3 Å². The highest BCUT2D eigenvalue weighted by Crippen LogP contribution is 2.40. The molecule has 2 aliphatic heterocycles. The number of benzene rings is 2.